The molecule has 3 aromatic rings. The number of rotatable bonds is 4. The van der Waals surface area contributed by atoms with Crippen LogP contribution in [0.25, 0.3) is 0 Å². The lowest BCUT2D eigenvalue weighted by Gasteiger charge is -2.17. The predicted octanol–water partition coefficient (Wildman–Crippen LogP) is 7.22. The van der Waals surface area contributed by atoms with Crippen molar-refractivity contribution in [1.29, 1.82) is 5.26 Å². The van der Waals surface area contributed by atoms with Crippen LogP contribution < -0.4 is 5.32 Å². The van der Waals surface area contributed by atoms with Crippen molar-refractivity contribution in [3.05, 3.63) is 90.9 Å². The van der Waals surface area contributed by atoms with Crippen molar-refractivity contribution < 1.29 is 9.90 Å². The van der Waals surface area contributed by atoms with E-state index in [4.69, 9.17) is 46.4 Å². The molecule has 3 rings (SSSR count). The molecule has 152 valence electrons. The van der Waals surface area contributed by atoms with Crippen molar-refractivity contribution in [2.24, 2.45) is 0 Å². The maximum atomic E-state index is 12.6. The molecular formula is C22H14Cl4N2O2. The molecule has 1 unspecified atom stereocenters. The van der Waals surface area contributed by atoms with Gasteiger partial charge in [-0.2, -0.15) is 5.26 Å². The number of aromatic hydroxyl groups is 1. The third kappa shape index (κ3) is 4.66. The van der Waals surface area contributed by atoms with Gasteiger partial charge in [0.2, 0.25) is 0 Å². The van der Waals surface area contributed by atoms with Gasteiger partial charge in [0.25, 0.3) is 5.91 Å². The number of nitriles is 1. The number of benzene rings is 3. The summed E-state index contributed by atoms with van der Waals surface area (Å²) in [6, 6.07) is 15.2. The quantitative estimate of drug-likeness (QED) is 0.414. The summed E-state index contributed by atoms with van der Waals surface area (Å²) in [4.78, 5) is 12.6. The Labute approximate surface area is 193 Å². The number of nitrogens with one attached hydrogen (secondary N) is 1. The van der Waals surface area contributed by atoms with Gasteiger partial charge in [-0.3, -0.25) is 4.79 Å². The lowest BCUT2D eigenvalue weighted by Crippen LogP contribution is -2.13. The van der Waals surface area contributed by atoms with Crippen LogP contribution in [0.15, 0.2) is 48.5 Å². The first-order valence-electron chi connectivity index (χ1n) is 8.65. The van der Waals surface area contributed by atoms with Crippen molar-refractivity contribution in [1.82, 2.24) is 0 Å². The van der Waals surface area contributed by atoms with Gasteiger partial charge in [0.05, 0.1) is 33.3 Å². The molecule has 0 radical (unpaired) electrons. The topological polar surface area (TPSA) is 73.1 Å². The van der Waals surface area contributed by atoms with Crippen molar-refractivity contribution in [2.75, 3.05) is 5.32 Å². The minimum atomic E-state index is -0.625. The Morgan fingerprint density at radius 3 is 2.30 bits per heavy atom. The number of hydrogen-bond acceptors (Lipinski definition) is 3. The smallest absolute Gasteiger partial charge is 0.259 e. The third-order valence-corrected chi connectivity index (χ3v) is 5.59. The van der Waals surface area contributed by atoms with Crippen LogP contribution in [0, 0.1) is 18.3 Å². The Balaban J connectivity index is 1.94. The number of phenols is 1. The van der Waals surface area contributed by atoms with Crippen LogP contribution in [0.4, 0.5) is 5.69 Å². The van der Waals surface area contributed by atoms with Gasteiger partial charge < -0.3 is 10.4 Å². The first-order valence-corrected chi connectivity index (χ1v) is 10.2. The number of anilines is 1. The third-order valence-electron chi connectivity index (χ3n) is 4.52. The summed E-state index contributed by atoms with van der Waals surface area (Å²) in [5.41, 5.74) is 2.48. The molecule has 0 aromatic heterocycles. The summed E-state index contributed by atoms with van der Waals surface area (Å²) in [6.45, 7) is 1.81. The summed E-state index contributed by atoms with van der Waals surface area (Å²) in [5, 5.41) is 23.4. The molecule has 4 nitrogen and oxygen atoms in total. The first kappa shape index (κ1) is 22.3. The van der Waals surface area contributed by atoms with Gasteiger partial charge in [-0.05, 0) is 60.0 Å². The lowest BCUT2D eigenvalue weighted by molar-refractivity contribution is 0.102. The Morgan fingerprint density at radius 2 is 1.67 bits per heavy atom. The molecule has 30 heavy (non-hydrogen) atoms. The van der Waals surface area contributed by atoms with E-state index >= 15 is 0 Å². The number of amides is 1. The average molecular weight is 480 g/mol. The van der Waals surface area contributed by atoms with Gasteiger partial charge in [0.15, 0.2) is 0 Å². The first-order chi connectivity index (χ1) is 14.2. The highest BCUT2D eigenvalue weighted by atomic mass is 35.5. The fourth-order valence-electron chi connectivity index (χ4n) is 3.01. The average Bonchev–Trinajstić information content (AvgIpc) is 2.70. The molecule has 0 aliphatic heterocycles. The largest absolute Gasteiger partial charge is 0.506 e. The SMILES string of the molecule is Cc1cc(NC(=O)c2cc(Cl)cc(Cl)c2O)c(Cl)cc1C(C#N)c1ccc(Cl)cc1. The van der Waals surface area contributed by atoms with Gasteiger partial charge in [0.1, 0.15) is 5.75 Å². The zero-order valence-electron chi connectivity index (χ0n) is 15.5. The molecule has 2 N–H and O–H groups in total. The molecule has 0 spiro atoms. The van der Waals surface area contributed by atoms with Gasteiger partial charge in [-0.25, -0.2) is 0 Å². The predicted molar refractivity (Wildman–Crippen MR) is 121 cm³/mol. The van der Waals surface area contributed by atoms with Crippen LogP contribution in [0.5, 0.6) is 5.75 Å². The molecule has 1 atom stereocenters. The molecule has 0 aliphatic rings. The van der Waals surface area contributed by atoms with Gasteiger partial charge >= 0.3 is 0 Å². The Bertz CT molecular complexity index is 1170. The Kier molecular flexibility index (Phi) is 6.80. The zero-order chi connectivity index (χ0) is 22.0. The molecule has 0 bridgehead atoms. The molecule has 8 heteroatoms. The second-order valence-electron chi connectivity index (χ2n) is 6.54. The van der Waals surface area contributed by atoms with Crippen LogP contribution in [-0.4, -0.2) is 11.0 Å². The summed E-state index contributed by atoms with van der Waals surface area (Å²) in [7, 11) is 0. The van der Waals surface area contributed by atoms with Crippen LogP contribution in [0.3, 0.4) is 0 Å². The van der Waals surface area contributed by atoms with Crippen molar-refractivity contribution >= 4 is 58.0 Å². The number of carbonyl (C=O) groups excluding carboxylic acids is 1. The minimum absolute atomic E-state index is 0.0369. The second-order valence-corrected chi connectivity index (χ2v) is 8.23. The van der Waals surface area contributed by atoms with E-state index in [9.17, 15) is 15.2 Å². The molecule has 1 amide bonds. The maximum Gasteiger partial charge on any atom is 0.259 e. The number of carbonyl (C=O) groups is 1. The summed E-state index contributed by atoms with van der Waals surface area (Å²) >= 11 is 24.1. The molecule has 0 saturated carbocycles. The summed E-state index contributed by atoms with van der Waals surface area (Å²) < 4.78 is 0. The molecular weight excluding hydrogens is 466 g/mol. The van der Waals surface area contributed by atoms with E-state index in [1.54, 1.807) is 36.4 Å². The standard InChI is InChI=1S/C22H14Cl4N2O2/c1-11-6-20(28-22(30)16-7-14(24)8-19(26)21(16)29)18(25)9-15(11)17(10-27)12-2-4-13(23)5-3-12/h2-9,17,29H,1H3,(H,28,30). The van der Waals surface area contributed by atoms with E-state index in [1.165, 1.54) is 12.1 Å². The molecule has 0 heterocycles. The normalized spacial score (nSPS) is 11.6. The van der Waals surface area contributed by atoms with E-state index in [-0.39, 0.29) is 26.4 Å². The van der Waals surface area contributed by atoms with Crippen LogP contribution in [0.2, 0.25) is 20.1 Å². The Morgan fingerprint density at radius 1 is 1.00 bits per heavy atom. The van der Waals surface area contributed by atoms with E-state index in [1.807, 2.05) is 6.92 Å². The highest BCUT2D eigenvalue weighted by Crippen LogP contribution is 2.35. The monoisotopic (exact) mass is 478 g/mol. The zero-order valence-corrected chi connectivity index (χ0v) is 18.5. The van der Waals surface area contributed by atoms with Gasteiger partial charge in [-0.1, -0.05) is 58.5 Å². The number of nitrogens with zero attached hydrogens (tertiary/aromatic N) is 1. The van der Waals surface area contributed by atoms with E-state index in [2.05, 4.69) is 11.4 Å². The molecule has 3 aromatic carbocycles. The van der Waals surface area contributed by atoms with Gasteiger partial charge in [-0.15, -0.1) is 0 Å². The highest BCUT2D eigenvalue weighted by molar-refractivity contribution is 6.37. The molecule has 0 aliphatic carbocycles. The van der Waals surface area contributed by atoms with Crippen LogP contribution in [-0.2, 0) is 0 Å². The van der Waals surface area contributed by atoms with Crippen LogP contribution in [0.1, 0.15) is 33.0 Å². The van der Waals surface area contributed by atoms with E-state index in [0.717, 1.165) is 11.1 Å². The van der Waals surface area contributed by atoms with E-state index < -0.39 is 11.8 Å². The minimum Gasteiger partial charge on any atom is -0.506 e. The van der Waals surface area contributed by atoms with Crippen molar-refractivity contribution in [3.63, 3.8) is 0 Å². The molecule has 0 saturated heterocycles. The van der Waals surface area contributed by atoms with Crippen molar-refractivity contribution in [2.45, 2.75) is 12.8 Å². The second kappa shape index (κ2) is 9.16. The highest BCUT2D eigenvalue weighted by Gasteiger charge is 2.20. The number of phenolic OH excluding ortho intramolecular Hbond substituents is 1. The van der Waals surface area contributed by atoms with E-state index in [0.29, 0.717) is 16.3 Å². The fraction of sp³-hybridized carbons (Fsp3) is 0.0909. The maximum absolute atomic E-state index is 12.6. The van der Waals surface area contributed by atoms with Crippen molar-refractivity contribution in [3.8, 4) is 11.8 Å². The lowest BCUT2D eigenvalue weighted by atomic mass is 9.89. The van der Waals surface area contributed by atoms with Gasteiger partial charge in [0, 0.05) is 10.0 Å². The number of hydrogen-bond donors (Lipinski definition) is 2. The van der Waals surface area contributed by atoms with Crippen LogP contribution >= 0.6 is 46.4 Å². The number of halogens is 4. The fourth-order valence-corrected chi connectivity index (χ4v) is 3.85. The summed E-state index contributed by atoms with van der Waals surface area (Å²) in [5.74, 6) is -1.56. The summed E-state index contributed by atoms with van der Waals surface area (Å²) in [6.07, 6.45) is 0. The Hall–Kier alpha value is -2.42. The molecule has 0 fully saturated rings. The number of aryl methyl sites for hydroxylation is 1.